The Kier molecular flexibility index (Phi) is 3.88. The number of rotatable bonds is 4. The van der Waals surface area contributed by atoms with E-state index in [1.165, 1.54) is 6.08 Å². The highest BCUT2D eigenvalue weighted by Gasteiger charge is 2.40. The maximum absolute atomic E-state index is 11.8. The van der Waals surface area contributed by atoms with Gasteiger partial charge in [-0.1, -0.05) is 31.0 Å². The van der Waals surface area contributed by atoms with E-state index in [4.69, 9.17) is 4.52 Å². The number of carbonyl (C=O) groups excluding carboxylic acids is 1. The van der Waals surface area contributed by atoms with E-state index in [1.807, 2.05) is 16.8 Å². The first-order valence-electron chi connectivity index (χ1n) is 7.05. The molecule has 0 bridgehead atoms. The predicted molar refractivity (Wildman–Crippen MR) is 80.7 cm³/mol. The van der Waals surface area contributed by atoms with Crippen molar-refractivity contribution in [3.8, 4) is 11.4 Å². The second-order valence-electron chi connectivity index (χ2n) is 5.27. The molecule has 1 saturated carbocycles. The number of nitrogens with zero attached hydrogens (tertiary/aromatic N) is 2. The molecular formula is C15H17N3O2S. The van der Waals surface area contributed by atoms with Crippen LogP contribution in [-0.2, 0) is 10.3 Å². The van der Waals surface area contributed by atoms with Gasteiger partial charge in [-0.15, -0.1) is 0 Å². The van der Waals surface area contributed by atoms with Crippen LogP contribution in [-0.4, -0.2) is 16.0 Å². The minimum Gasteiger partial charge on any atom is -0.338 e. The number of carbonyl (C=O) groups is 1. The fourth-order valence-corrected chi connectivity index (χ4v) is 3.40. The van der Waals surface area contributed by atoms with Gasteiger partial charge in [0, 0.05) is 10.9 Å². The molecule has 1 aliphatic rings. The molecule has 2 heterocycles. The molecule has 21 heavy (non-hydrogen) atoms. The molecule has 0 unspecified atom stereocenters. The van der Waals surface area contributed by atoms with Crippen molar-refractivity contribution in [2.24, 2.45) is 0 Å². The van der Waals surface area contributed by atoms with E-state index >= 15 is 0 Å². The van der Waals surface area contributed by atoms with Crippen LogP contribution in [0.4, 0.5) is 0 Å². The molecule has 0 atom stereocenters. The summed E-state index contributed by atoms with van der Waals surface area (Å²) in [7, 11) is 0. The van der Waals surface area contributed by atoms with Crippen LogP contribution < -0.4 is 5.32 Å². The van der Waals surface area contributed by atoms with Crippen LogP contribution in [0.15, 0.2) is 34.0 Å². The summed E-state index contributed by atoms with van der Waals surface area (Å²) in [4.78, 5) is 16.3. The summed E-state index contributed by atoms with van der Waals surface area (Å²) in [6, 6.07) is 1.95. The van der Waals surface area contributed by atoms with E-state index < -0.39 is 5.54 Å². The molecule has 1 aliphatic carbocycles. The highest BCUT2D eigenvalue weighted by atomic mass is 32.1. The van der Waals surface area contributed by atoms with E-state index in [9.17, 15) is 4.79 Å². The first-order valence-corrected chi connectivity index (χ1v) is 7.99. The van der Waals surface area contributed by atoms with Crippen molar-refractivity contribution >= 4 is 17.2 Å². The van der Waals surface area contributed by atoms with Crippen molar-refractivity contribution < 1.29 is 9.32 Å². The van der Waals surface area contributed by atoms with Crippen LogP contribution in [0.25, 0.3) is 11.4 Å². The summed E-state index contributed by atoms with van der Waals surface area (Å²) in [5, 5.41) is 11.0. The molecule has 2 aromatic rings. The molecule has 1 amide bonds. The average Bonchev–Trinajstić information content (AvgIpc) is 3.19. The Morgan fingerprint density at radius 2 is 2.24 bits per heavy atom. The third kappa shape index (κ3) is 2.76. The molecular weight excluding hydrogens is 286 g/mol. The number of nitrogens with one attached hydrogen (secondary N) is 1. The molecule has 0 saturated heterocycles. The SMILES string of the molecule is C=CC(=O)NC1(c2nc(-c3ccsc3)no2)CCCCC1. The van der Waals surface area contributed by atoms with E-state index in [2.05, 4.69) is 22.0 Å². The Labute approximate surface area is 127 Å². The van der Waals surface area contributed by atoms with Crippen LogP contribution in [0, 0.1) is 0 Å². The minimum absolute atomic E-state index is 0.202. The lowest BCUT2D eigenvalue weighted by atomic mass is 9.81. The molecule has 0 radical (unpaired) electrons. The molecule has 5 nitrogen and oxygen atoms in total. The lowest BCUT2D eigenvalue weighted by Crippen LogP contribution is -2.46. The fraction of sp³-hybridized carbons (Fsp3) is 0.400. The van der Waals surface area contributed by atoms with Gasteiger partial charge in [-0.3, -0.25) is 4.79 Å². The zero-order valence-corrected chi connectivity index (χ0v) is 12.5. The van der Waals surface area contributed by atoms with Crippen molar-refractivity contribution in [1.82, 2.24) is 15.5 Å². The van der Waals surface area contributed by atoms with Gasteiger partial charge in [0.15, 0.2) is 0 Å². The molecule has 3 rings (SSSR count). The molecule has 0 aromatic carbocycles. The second kappa shape index (κ2) is 5.81. The van der Waals surface area contributed by atoms with Crippen LogP contribution in [0.3, 0.4) is 0 Å². The number of amides is 1. The van der Waals surface area contributed by atoms with Crippen LogP contribution >= 0.6 is 11.3 Å². The van der Waals surface area contributed by atoms with Crippen molar-refractivity contribution in [1.29, 1.82) is 0 Å². The number of thiophene rings is 1. The zero-order valence-electron chi connectivity index (χ0n) is 11.7. The van der Waals surface area contributed by atoms with Gasteiger partial charge in [-0.2, -0.15) is 16.3 Å². The van der Waals surface area contributed by atoms with Gasteiger partial charge in [0.25, 0.3) is 5.89 Å². The van der Waals surface area contributed by atoms with Crippen molar-refractivity contribution in [2.45, 2.75) is 37.6 Å². The monoisotopic (exact) mass is 303 g/mol. The normalized spacial score (nSPS) is 17.3. The maximum Gasteiger partial charge on any atom is 0.252 e. The summed E-state index contributed by atoms with van der Waals surface area (Å²) >= 11 is 1.59. The standard InChI is InChI=1S/C15H17N3O2S/c1-2-12(19)17-15(7-4-3-5-8-15)14-16-13(18-20-14)11-6-9-21-10-11/h2,6,9-10H,1,3-5,7-8H2,(H,17,19). The van der Waals surface area contributed by atoms with E-state index in [0.29, 0.717) is 11.7 Å². The Morgan fingerprint density at radius 3 is 2.90 bits per heavy atom. The molecule has 6 heteroatoms. The van der Waals surface area contributed by atoms with Gasteiger partial charge < -0.3 is 9.84 Å². The number of hydrogen-bond donors (Lipinski definition) is 1. The van der Waals surface area contributed by atoms with E-state index in [0.717, 1.165) is 37.7 Å². The summed E-state index contributed by atoms with van der Waals surface area (Å²) in [6.45, 7) is 3.52. The topological polar surface area (TPSA) is 68.0 Å². The van der Waals surface area contributed by atoms with Gasteiger partial charge in [0.05, 0.1) is 0 Å². The maximum atomic E-state index is 11.8. The smallest absolute Gasteiger partial charge is 0.252 e. The molecule has 0 spiro atoms. The van der Waals surface area contributed by atoms with Crippen molar-refractivity contribution in [2.75, 3.05) is 0 Å². The van der Waals surface area contributed by atoms with Crippen LogP contribution in [0.2, 0.25) is 0 Å². The van der Waals surface area contributed by atoms with E-state index in [-0.39, 0.29) is 5.91 Å². The average molecular weight is 303 g/mol. The summed E-state index contributed by atoms with van der Waals surface area (Å²) in [6.07, 6.45) is 6.15. The van der Waals surface area contributed by atoms with Crippen LogP contribution in [0.5, 0.6) is 0 Å². The highest BCUT2D eigenvalue weighted by Crippen LogP contribution is 2.37. The quantitative estimate of drug-likeness (QED) is 0.880. The molecule has 110 valence electrons. The number of hydrogen-bond acceptors (Lipinski definition) is 5. The van der Waals surface area contributed by atoms with E-state index in [1.54, 1.807) is 11.3 Å². The molecule has 2 aromatic heterocycles. The van der Waals surface area contributed by atoms with Gasteiger partial charge >= 0.3 is 0 Å². The first-order chi connectivity index (χ1) is 10.2. The van der Waals surface area contributed by atoms with Crippen molar-refractivity contribution in [3.05, 3.63) is 35.4 Å². The molecule has 1 fully saturated rings. The summed E-state index contributed by atoms with van der Waals surface area (Å²) in [5.41, 5.74) is 0.390. The van der Waals surface area contributed by atoms with Gasteiger partial charge in [0.1, 0.15) is 5.54 Å². The van der Waals surface area contributed by atoms with Gasteiger partial charge in [-0.05, 0) is 30.4 Å². The summed E-state index contributed by atoms with van der Waals surface area (Å²) in [5.74, 6) is 0.870. The molecule has 0 aliphatic heterocycles. The Balaban J connectivity index is 1.92. The van der Waals surface area contributed by atoms with Crippen molar-refractivity contribution in [3.63, 3.8) is 0 Å². The highest BCUT2D eigenvalue weighted by molar-refractivity contribution is 7.08. The zero-order chi connectivity index (χ0) is 14.7. The van der Waals surface area contributed by atoms with Gasteiger partial charge in [-0.25, -0.2) is 0 Å². The third-order valence-electron chi connectivity index (χ3n) is 3.87. The predicted octanol–water partition coefficient (Wildman–Crippen LogP) is 3.26. The Bertz CT molecular complexity index is 627. The lowest BCUT2D eigenvalue weighted by Gasteiger charge is -2.34. The van der Waals surface area contributed by atoms with Gasteiger partial charge in [0.2, 0.25) is 11.7 Å². The Hall–Kier alpha value is -1.95. The second-order valence-corrected chi connectivity index (χ2v) is 6.05. The first kappa shape index (κ1) is 14.0. The third-order valence-corrected chi connectivity index (χ3v) is 4.55. The summed E-state index contributed by atoms with van der Waals surface area (Å²) < 4.78 is 5.47. The Morgan fingerprint density at radius 1 is 1.43 bits per heavy atom. The fourth-order valence-electron chi connectivity index (χ4n) is 2.76. The number of aromatic nitrogens is 2. The van der Waals surface area contributed by atoms with Crippen LogP contribution in [0.1, 0.15) is 38.0 Å². The lowest BCUT2D eigenvalue weighted by molar-refractivity contribution is -0.119. The minimum atomic E-state index is -0.551. The molecule has 1 N–H and O–H groups in total. The largest absolute Gasteiger partial charge is 0.338 e.